The predicted octanol–water partition coefficient (Wildman–Crippen LogP) is -0.0182. The summed E-state index contributed by atoms with van der Waals surface area (Å²) in [5.74, 6) is 7.02. The first-order valence-electron chi connectivity index (χ1n) is 6.68. The maximum absolute atomic E-state index is 11.3. The third-order valence-electron chi connectivity index (χ3n) is 2.47. The maximum Gasteiger partial charge on any atom is 0.316 e. The zero-order chi connectivity index (χ0) is 15.7. The number of urea groups is 1. The number of nitrogens with one attached hydrogen (secondary N) is 3. The van der Waals surface area contributed by atoms with Crippen molar-refractivity contribution in [1.82, 2.24) is 20.2 Å². The van der Waals surface area contributed by atoms with E-state index in [1.165, 1.54) is 4.90 Å². The van der Waals surface area contributed by atoms with Gasteiger partial charge in [0, 0.05) is 39.9 Å². The third-order valence-corrected chi connectivity index (χ3v) is 2.47. The number of hydrogen-bond donors (Lipinski definition) is 4. The fraction of sp³-hybridized carbons (Fsp3) is 0.583. The Morgan fingerprint density at radius 1 is 1.33 bits per heavy atom. The standard InChI is InChI=1S/C12H23N7O2/c1-4-21-8-11-16-9(7-10(17-11)18-13)14-5-6-15-12(20)19(2)3/h7H,4-6,8,13H2,1-3H3,(H,15,20)(H2,14,16,17,18). The second-order valence-electron chi connectivity index (χ2n) is 4.39. The Kier molecular flexibility index (Phi) is 7.19. The number of aromatic nitrogens is 2. The lowest BCUT2D eigenvalue weighted by Gasteiger charge is -2.13. The van der Waals surface area contributed by atoms with Gasteiger partial charge in [-0.15, -0.1) is 0 Å². The zero-order valence-corrected chi connectivity index (χ0v) is 12.6. The summed E-state index contributed by atoms with van der Waals surface area (Å²) in [6.45, 7) is 3.82. The number of hydrazine groups is 1. The minimum Gasteiger partial charge on any atom is -0.374 e. The first-order chi connectivity index (χ1) is 10.1. The van der Waals surface area contributed by atoms with Gasteiger partial charge in [-0.25, -0.2) is 20.6 Å². The molecule has 0 unspecified atom stereocenters. The molecular formula is C12H23N7O2. The largest absolute Gasteiger partial charge is 0.374 e. The van der Waals surface area contributed by atoms with E-state index >= 15 is 0 Å². The molecule has 1 rings (SSSR count). The Balaban J connectivity index is 2.51. The summed E-state index contributed by atoms with van der Waals surface area (Å²) in [7, 11) is 3.37. The first-order valence-corrected chi connectivity index (χ1v) is 6.68. The van der Waals surface area contributed by atoms with E-state index in [1.807, 2.05) is 6.92 Å². The fourth-order valence-electron chi connectivity index (χ4n) is 1.44. The molecule has 0 fully saturated rings. The molecule has 1 aromatic rings. The molecule has 0 aromatic carbocycles. The number of amides is 2. The van der Waals surface area contributed by atoms with Crippen LogP contribution in [0.2, 0.25) is 0 Å². The van der Waals surface area contributed by atoms with Gasteiger partial charge < -0.3 is 25.7 Å². The van der Waals surface area contributed by atoms with Crippen molar-refractivity contribution in [2.24, 2.45) is 5.84 Å². The van der Waals surface area contributed by atoms with Gasteiger partial charge in [0.2, 0.25) is 0 Å². The van der Waals surface area contributed by atoms with Gasteiger partial charge >= 0.3 is 6.03 Å². The van der Waals surface area contributed by atoms with Crippen LogP contribution in [0.15, 0.2) is 6.07 Å². The predicted molar refractivity (Wildman–Crippen MR) is 80.7 cm³/mol. The molecule has 0 aliphatic rings. The first kappa shape index (κ1) is 16.9. The van der Waals surface area contributed by atoms with Crippen molar-refractivity contribution in [2.45, 2.75) is 13.5 Å². The highest BCUT2D eigenvalue weighted by molar-refractivity contribution is 5.73. The molecule has 9 heteroatoms. The smallest absolute Gasteiger partial charge is 0.316 e. The fourth-order valence-corrected chi connectivity index (χ4v) is 1.44. The van der Waals surface area contributed by atoms with Crippen LogP contribution in [0.25, 0.3) is 0 Å². The number of carbonyl (C=O) groups excluding carboxylic acids is 1. The van der Waals surface area contributed by atoms with E-state index in [9.17, 15) is 4.79 Å². The molecule has 5 N–H and O–H groups in total. The van der Waals surface area contributed by atoms with Crippen LogP contribution in [0, 0.1) is 0 Å². The highest BCUT2D eigenvalue weighted by Crippen LogP contribution is 2.10. The average molecular weight is 297 g/mol. The topological polar surface area (TPSA) is 117 Å². The van der Waals surface area contributed by atoms with E-state index in [4.69, 9.17) is 10.6 Å². The number of nitrogen functional groups attached to an aromatic ring is 1. The van der Waals surface area contributed by atoms with Crippen molar-refractivity contribution in [2.75, 3.05) is 44.5 Å². The quantitative estimate of drug-likeness (QED) is 0.302. The van der Waals surface area contributed by atoms with Gasteiger partial charge in [0.1, 0.15) is 18.2 Å². The lowest BCUT2D eigenvalue weighted by molar-refractivity contribution is 0.128. The summed E-state index contributed by atoms with van der Waals surface area (Å²) in [5.41, 5.74) is 2.48. The van der Waals surface area contributed by atoms with Crippen LogP contribution in [0.4, 0.5) is 16.4 Å². The minimum atomic E-state index is -0.138. The summed E-state index contributed by atoms with van der Waals surface area (Å²) in [5, 5.41) is 5.84. The molecule has 0 bridgehead atoms. The summed E-state index contributed by atoms with van der Waals surface area (Å²) < 4.78 is 5.27. The average Bonchev–Trinajstić information content (AvgIpc) is 2.48. The van der Waals surface area contributed by atoms with E-state index in [2.05, 4.69) is 26.0 Å². The van der Waals surface area contributed by atoms with Gasteiger partial charge in [-0.1, -0.05) is 0 Å². The number of nitrogens with zero attached hydrogens (tertiary/aromatic N) is 3. The molecule has 9 nitrogen and oxygen atoms in total. The van der Waals surface area contributed by atoms with Crippen LogP contribution in [-0.2, 0) is 11.3 Å². The summed E-state index contributed by atoms with van der Waals surface area (Å²) in [6, 6.07) is 1.55. The lowest BCUT2D eigenvalue weighted by atomic mass is 10.4. The van der Waals surface area contributed by atoms with E-state index in [0.29, 0.717) is 43.8 Å². The Morgan fingerprint density at radius 2 is 2.05 bits per heavy atom. The van der Waals surface area contributed by atoms with Crippen LogP contribution in [-0.4, -0.2) is 54.7 Å². The van der Waals surface area contributed by atoms with Crippen LogP contribution in [0.1, 0.15) is 12.7 Å². The van der Waals surface area contributed by atoms with Gasteiger partial charge in [-0.05, 0) is 6.92 Å². The zero-order valence-electron chi connectivity index (χ0n) is 12.6. The molecule has 0 radical (unpaired) electrons. The van der Waals surface area contributed by atoms with Crippen molar-refractivity contribution in [3.05, 3.63) is 11.9 Å². The van der Waals surface area contributed by atoms with Crippen LogP contribution >= 0.6 is 0 Å². The van der Waals surface area contributed by atoms with E-state index in [1.54, 1.807) is 20.2 Å². The molecule has 0 atom stereocenters. The lowest BCUT2D eigenvalue weighted by Crippen LogP contribution is -2.37. The molecule has 0 aliphatic heterocycles. The van der Waals surface area contributed by atoms with Crippen LogP contribution in [0.3, 0.4) is 0 Å². The van der Waals surface area contributed by atoms with Crippen LogP contribution < -0.4 is 21.9 Å². The monoisotopic (exact) mass is 297 g/mol. The molecule has 0 spiro atoms. The summed E-state index contributed by atoms with van der Waals surface area (Å²) >= 11 is 0. The van der Waals surface area contributed by atoms with Gasteiger partial charge in [0.25, 0.3) is 0 Å². The van der Waals surface area contributed by atoms with Crippen molar-refractivity contribution in [1.29, 1.82) is 0 Å². The van der Waals surface area contributed by atoms with Crippen LogP contribution in [0.5, 0.6) is 0 Å². The molecule has 0 saturated heterocycles. The summed E-state index contributed by atoms with van der Waals surface area (Å²) in [6.07, 6.45) is 0. The Hall–Kier alpha value is -2.13. The van der Waals surface area contributed by atoms with Crippen molar-refractivity contribution < 1.29 is 9.53 Å². The number of nitrogens with two attached hydrogens (primary N) is 1. The van der Waals surface area contributed by atoms with Crippen molar-refractivity contribution in [3.63, 3.8) is 0 Å². The van der Waals surface area contributed by atoms with E-state index in [-0.39, 0.29) is 6.03 Å². The Labute approximate surface area is 124 Å². The number of carbonyl (C=O) groups is 1. The molecular weight excluding hydrogens is 274 g/mol. The molecule has 21 heavy (non-hydrogen) atoms. The summed E-state index contributed by atoms with van der Waals surface area (Å²) in [4.78, 5) is 21.3. The van der Waals surface area contributed by atoms with Crippen molar-refractivity contribution >= 4 is 17.7 Å². The highest BCUT2D eigenvalue weighted by Gasteiger charge is 2.05. The normalized spacial score (nSPS) is 10.1. The Bertz CT molecular complexity index is 453. The highest BCUT2D eigenvalue weighted by atomic mass is 16.5. The molecule has 1 heterocycles. The Morgan fingerprint density at radius 3 is 2.67 bits per heavy atom. The second kappa shape index (κ2) is 8.93. The molecule has 0 aliphatic carbocycles. The molecule has 2 amide bonds. The molecule has 118 valence electrons. The molecule has 1 aromatic heterocycles. The number of rotatable bonds is 8. The SMILES string of the molecule is CCOCc1nc(NN)cc(NCCNC(=O)N(C)C)n1. The minimum absolute atomic E-state index is 0.138. The van der Waals surface area contributed by atoms with Gasteiger partial charge in [0.05, 0.1) is 0 Å². The van der Waals surface area contributed by atoms with Gasteiger partial charge in [0.15, 0.2) is 5.82 Å². The number of anilines is 2. The second-order valence-corrected chi connectivity index (χ2v) is 4.39. The maximum atomic E-state index is 11.3. The third kappa shape index (κ3) is 6.23. The van der Waals surface area contributed by atoms with Gasteiger partial charge in [-0.3, -0.25) is 0 Å². The van der Waals surface area contributed by atoms with Gasteiger partial charge in [-0.2, -0.15) is 0 Å². The number of hydrogen-bond acceptors (Lipinski definition) is 7. The molecule has 0 saturated carbocycles. The van der Waals surface area contributed by atoms with E-state index in [0.717, 1.165) is 0 Å². The van der Waals surface area contributed by atoms with Crippen molar-refractivity contribution in [3.8, 4) is 0 Å². The number of ether oxygens (including phenoxy) is 1. The van der Waals surface area contributed by atoms with E-state index < -0.39 is 0 Å².